The van der Waals surface area contributed by atoms with Crippen molar-refractivity contribution in [2.45, 2.75) is 13.3 Å². The number of likely N-dealkylation sites (N-methyl/N-ethyl adjacent to an activating group) is 1. The molecule has 0 aliphatic rings. The van der Waals surface area contributed by atoms with Gasteiger partial charge in [-0.25, -0.2) is 0 Å². The van der Waals surface area contributed by atoms with E-state index >= 15 is 0 Å². The summed E-state index contributed by atoms with van der Waals surface area (Å²) < 4.78 is 10.6. The Morgan fingerprint density at radius 2 is 2.33 bits per heavy atom. The van der Waals surface area contributed by atoms with Crippen LogP contribution in [0.25, 0.3) is 11.7 Å². The van der Waals surface area contributed by atoms with Crippen LogP contribution in [-0.2, 0) is 6.42 Å². The molecule has 2 aromatic heterocycles. The maximum Gasteiger partial charge on any atom is 0.283 e. The fourth-order valence-electron chi connectivity index (χ4n) is 1.23. The molecule has 0 bridgehead atoms. The highest BCUT2D eigenvalue weighted by Gasteiger charge is 2.09. The van der Waals surface area contributed by atoms with Crippen LogP contribution in [0, 0.1) is 0 Å². The normalized spacial score (nSPS) is 10.7. The van der Waals surface area contributed by atoms with Gasteiger partial charge in [-0.2, -0.15) is 0 Å². The average molecular weight is 207 g/mol. The van der Waals surface area contributed by atoms with E-state index in [0.29, 0.717) is 17.5 Å². The Morgan fingerprint density at radius 1 is 1.40 bits per heavy atom. The summed E-state index contributed by atoms with van der Waals surface area (Å²) in [5, 5.41) is 11.0. The molecule has 0 aliphatic carbocycles. The van der Waals surface area contributed by atoms with Gasteiger partial charge in [0, 0.05) is 13.0 Å². The van der Waals surface area contributed by atoms with Crippen LogP contribution in [0.3, 0.4) is 0 Å². The quantitative estimate of drug-likeness (QED) is 0.752. The summed E-state index contributed by atoms with van der Waals surface area (Å²) in [5.41, 5.74) is 0. The van der Waals surface area contributed by atoms with Gasteiger partial charge >= 0.3 is 0 Å². The van der Waals surface area contributed by atoms with Crippen molar-refractivity contribution in [1.29, 1.82) is 0 Å². The number of nitrogens with zero attached hydrogens (tertiary/aromatic N) is 2. The van der Waals surface area contributed by atoms with Crippen molar-refractivity contribution in [2.24, 2.45) is 0 Å². The van der Waals surface area contributed by atoms with Crippen molar-refractivity contribution < 1.29 is 8.83 Å². The summed E-state index contributed by atoms with van der Waals surface area (Å²) in [5.74, 6) is 1.67. The highest BCUT2D eigenvalue weighted by atomic mass is 16.4. The summed E-state index contributed by atoms with van der Waals surface area (Å²) >= 11 is 0. The molecule has 15 heavy (non-hydrogen) atoms. The van der Waals surface area contributed by atoms with Crippen molar-refractivity contribution in [3.05, 3.63) is 24.3 Å². The number of aromatic nitrogens is 2. The second-order valence-electron chi connectivity index (χ2n) is 3.08. The number of nitrogens with one attached hydrogen (secondary N) is 1. The first-order chi connectivity index (χ1) is 7.40. The first-order valence-electron chi connectivity index (χ1n) is 4.97. The molecular formula is C10H13N3O2. The molecule has 0 saturated heterocycles. The van der Waals surface area contributed by atoms with E-state index in [1.807, 2.05) is 0 Å². The molecule has 80 valence electrons. The van der Waals surface area contributed by atoms with Crippen molar-refractivity contribution in [3.8, 4) is 11.7 Å². The fraction of sp³-hybridized carbons (Fsp3) is 0.400. The highest BCUT2D eigenvalue weighted by molar-refractivity contribution is 5.42. The monoisotopic (exact) mass is 207 g/mol. The minimum atomic E-state index is 0.437. The van der Waals surface area contributed by atoms with Crippen LogP contribution in [0.4, 0.5) is 0 Å². The third-order valence-electron chi connectivity index (χ3n) is 1.96. The zero-order valence-electron chi connectivity index (χ0n) is 8.56. The van der Waals surface area contributed by atoms with E-state index in [1.54, 1.807) is 18.4 Å². The zero-order chi connectivity index (χ0) is 10.5. The molecule has 2 heterocycles. The molecule has 2 aromatic rings. The Morgan fingerprint density at radius 3 is 3.07 bits per heavy atom. The predicted molar refractivity (Wildman–Crippen MR) is 54.2 cm³/mol. The van der Waals surface area contributed by atoms with Crippen LogP contribution in [0.15, 0.2) is 27.2 Å². The van der Waals surface area contributed by atoms with Gasteiger partial charge in [-0.05, 0) is 18.7 Å². The molecule has 0 fully saturated rings. The second kappa shape index (κ2) is 4.75. The van der Waals surface area contributed by atoms with Gasteiger partial charge in [0.25, 0.3) is 5.89 Å². The summed E-state index contributed by atoms with van der Waals surface area (Å²) in [6.45, 7) is 3.84. The Hall–Kier alpha value is -1.62. The van der Waals surface area contributed by atoms with Gasteiger partial charge in [-0.3, -0.25) is 0 Å². The summed E-state index contributed by atoms with van der Waals surface area (Å²) in [6.07, 6.45) is 2.32. The standard InChI is InChI=1S/C10H13N3O2/c1-2-11-6-5-9-12-13-10(15-9)8-4-3-7-14-8/h3-4,7,11H,2,5-6H2,1H3. The maximum absolute atomic E-state index is 5.42. The molecule has 0 radical (unpaired) electrons. The molecule has 5 nitrogen and oxygen atoms in total. The van der Waals surface area contributed by atoms with Crippen LogP contribution < -0.4 is 5.32 Å². The predicted octanol–water partition coefficient (Wildman–Crippen LogP) is 1.48. The van der Waals surface area contributed by atoms with Gasteiger partial charge in [0.2, 0.25) is 5.89 Å². The lowest BCUT2D eigenvalue weighted by Gasteiger charge is -1.95. The van der Waals surface area contributed by atoms with E-state index in [1.165, 1.54) is 0 Å². The average Bonchev–Trinajstić information content (AvgIpc) is 2.87. The first kappa shape index (κ1) is 9.92. The van der Waals surface area contributed by atoms with Gasteiger partial charge in [-0.1, -0.05) is 6.92 Å². The Bertz CT molecular complexity index is 394. The van der Waals surface area contributed by atoms with Gasteiger partial charge in [0.15, 0.2) is 5.76 Å². The van der Waals surface area contributed by atoms with Crippen molar-refractivity contribution in [1.82, 2.24) is 15.5 Å². The maximum atomic E-state index is 5.42. The zero-order valence-corrected chi connectivity index (χ0v) is 8.56. The molecule has 2 rings (SSSR count). The van der Waals surface area contributed by atoms with E-state index < -0.39 is 0 Å². The molecule has 1 N–H and O–H groups in total. The third-order valence-corrected chi connectivity index (χ3v) is 1.96. The van der Waals surface area contributed by atoms with E-state index in [0.717, 1.165) is 19.5 Å². The Labute approximate surface area is 87.5 Å². The van der Waals surface area contributed by atoms with Crippen LogP contribution in [-0.4, -0.2) is 23.3 Å². The number of furan rings is 1. The molecule has 0 aliphatic heterocycles. The molecule has 5 heteroatoms. The minimum absolute atomic E-state index is 0.437. The van der Waals surface area contributed by atoms with E-state index in [2.05, 4.69) is 22.4 Å². The lowest BCUT2D eigenvalue weighted by Crippen LogP contribution is -2.16. The molecule has 0 saturated carbocycles. The van der Waals surface area contributed by atoms with E-state index in [4.69, 9.17) is 8.83 Å². The number of rotatable bonds is 5. The smallest absolute Gasteiger partial charge is 0.283 e. The van der Waals surface area contributed by atoms with Gasteiger partial charge < -0.3 is 14.2 Å². The van der Waals surface area contributed by atoms with Gasteiger partial charge in [0.1, 0.15) is 0 Å². The highest BCUT2D eigenvalue weighted by Crippen LogP contribution is 2.17. The van der Waals surface area contributed by atoms with E-state index in [-0.39, 0.29) is 0 Å². The van der Waals surface area contributed by atoms with Crippen LogP contribution >= 0.6 is 0 Å². The number of hydrogen-bond acceptors (Lipinski definition) is 5. The van der Waals surface area contributed by atoms with Gasteiger partial charge in [0.05, 0.1) is 6.26 Å². The molecule has 0 unspecified atom stereocenters. The molecule has 0 spiro atoms. The van der Waals surface area contributed by atoms with Crippen molar-refractivity contribution in [2.75, 3.05) is 13.1 Å². The Balaban J connectivity index is 1.98. The van der Waals surface area contributed by atoms with Crippen LogP contribution in [0.1, 0.15) is 12.8 Å². The fourth-order valence-corrected chi connectivity index (χ4v) is 1.23. The molecule has 0 amide bonds. The topological polar surface area (TPSA) is 64.1 Å². The number of hydrogen-bond donors (Lipinski definition) is 1. The third kappa shape index (κ3) is 2.44. The lowest BCUT2D eigenvalue weighted by atomic mass is 10.4. The van der Waals surface area contributed by atoms with Crippen molar-refractivity contribution >= 4 is 0 Å². The molecule has 0 atom stereocenters. The second-order valence-corrected chi connectivity index (χ2v) is 3.08. The van der Waals surface area contributed by atoms with Gasteiger partial charge in [-0.15, -0.1) is 10.2 Å². The van der Waals surface area contributed by atoms with Crippen molar-refractivity contribution in [3.63, 3.8) is 0 Å². The summed E-state index contributed by atoms with van der Waals surface area (Å²) in [4.78, 5) is 0. The van der Waals surface area contributed by atoms with Crippen LogP contribution in [0.2, 0.25) is 0 Å². The van der Waals surface area contributed by atoms with E-state index in [9.17, 15) is 0 Å². The minimum Gasteiger partial charge on any atom is -0.459 e. The largest absolute Gasteiger partial charge is 0.459 e. The Kier molecular flexibility index (Phi) is 3.14. The SMILES string of the molecule is CCNCCc1nnc(-c2ccco2)o1. The summed E-state index contributed by atoms with van der Waals surface area (Å²) in [7, 11) is 0. The lowest BCUT2D eigenvalue weighted by molar-refractivity contribution is 0.474. The van der Waals surface area contributed by atoms with Crippen LogP contribution in [0.5, 0.6) is 0 Å². The summed E-state index contributed by atoms with van der Waals surface area (Å²) in [6, 6.07) is 3.58. The first-order valence-corrected chi connectivity index (χ1v) is 4.97. The molecule has 0 aromatic carbocycles. The molecular weight excluding hydrogens is 194 g/mol.